The molecule has 0 radical (unpaired) electrons. The highest BCUT2D eigenvalue weighted by molar-refractivity contribution is 6.26. The molecule has 0 aliphatic heterocycles. The number of benzene rings is 26. The van der Waals surface area contributed by atoms with Gasteiger partial charge in [-0.3, -0.25) is 0 Å². The van der Waals surface area contributed by atoms with Crippen molar-refractivity contribution in [2.75, 3.05) is 19.6 Å². The van der Waals surface area contributed by atoms with Crippen molar-refractivity contribution in [3.8, 4) is 44.5 Å². The average molecular weight is 1890 g/mol. The fraction of sp³-hybridized carbons (Fsp3) is 0. The first kappa shape index (κ1) is 85.0. The van der Waals surface area contributed by atoms with Crippen LogP contribution in [0.2, 0.25) is 0 Å². The highest BCUT2D eigenvalue weighted by Crippen LogP contribution is 2.55. The van der Waals surface area contributed by atoms with Gasteiger partial charge in [0.15, 0.2) is 0 Å². The van der Waals surface area contributed by atoms with E-state index < -0.39 is 0 Å². The molecule has 8 nitrogen and oxygen atoms in total. The van der Waals surface area contributed by atoms with E-state index in [0.717, 1.165) is 232 Å². The molecule has 30 aromatic rings. The standard InChI is InChI=1S/2C70H44N2O2/c1-3-19-47(20-4-1)69-59-39-35-50(72(64-30-16-24-46-18-8-10-26-54(46)64)52-34-38-58-56-28-12-14-32-66(56)74-68(58)44-52)42-62(59)70(48-21-5-2-6-22-48)60-40-36-49(41-61(60)69)71(63-29-15-23-45-17-7-9-25-53(45)63)51-33-37-57-55-27-11-13-31-65(55)73-67(57)43-51;1-3-17-47(18-4-1)69-61-37-33-54(72(52-30-28-46-16-8-10-22-50(46)40-52)56-32-36-60-58-24-12-14-26-66(58)74-68(60)44-56)42-64(61)70(48-19-5-2-6-20-48)62-38-34-53(41-63(62)69)71(51-29-27-45-15-7-9-21-49(45)39-51)55-31-35-59-57-23-11-13-25-65(57)73-67(59)43-55/h2*1-44H. The Morgan fingerprint density at radius 3 is 0.608 bits per heavy atom. The molecule has 0 fully saturated rings. The number of hydrogen-bond acceptors (Lipinski definition) is 8. The van der Waals surface area contributed by atoms with Gasteiger partial charge in [0.05, 0.1) is 11.4 Å². The summed E-state index contributed by atoms with van der Waals surface area (Å²) < 4.78 is 26.2. The number of fused-ring (bicyclic) bond motifs is 20. The van der Waals surface area contributed by atoms with Crippen molar-refractivity contribution < 1.29 is 17.7 Å². The monoisotopic (exact) mass is 1890 g/mol. The zero-order valence-electron chi connectivity index (χ0n) is 80.2. The number of furan rings is 4. The van der Waals surface area contributed by atoms with Crippen LogP contribution in [0.3, 0.4) is 0 Å². The average Bonchev–Trinajstić information content (AvgIpc) is 1.73. The van der Waals surface area contributed by atoms with E-state index in [-0.39, 0.29) is 0 Å². The van der Waals surface area contributed by atoms with E-state index in [2.05, 4.69) is 505 Å². The summed E-state index contributed by atoms with van der Waals surface area (Å²) in [5, 5.41) is 27.5. The molecule has 0 aliphatic carbocycles. The van der Waals surface area contributed by atoms with Gasteiger partial charge in [0.2, 0.25) is 0 Å². The Bertz CT molecular complexity index is 9960. The maximum Gasteiger partial charge on any atom is 0.137 e. The van der Waals surface area contributed by atoms with E-state index in [9.17, 15) is 0 Å². The molecule has 0 spiro atoms. The minimum Gasteiger partial charge on any atom is -0.456 e. The second kappa shape index (κ2) is 35.1. The molecule has 26 aromatic carbocycles. The summed E-state index contributed by atoms with van der Waals surface area (Å²) in [4.78, 5) is 9.56. The SMILES string of the molecule is c1ccc(-c2c3ccc(N(c4ccc5c(c4)oc4ccccc45)c4cccc5ccccc45)cc3c(-c3ccccc3)c3ccc(N(c4ccc5c(c4)oc4ccccc45)c4cccc5ccccc45)cc23)cc1.c1ccc(-c2c3ccc(N(c4ccc5ccccc5c4)c4ccc5c(c4)oc4ccccc45)cc3c(-c3ccccc3)c3ccc(N(c4ccc5ccccc5c4)c4ccc5c(c4)oc4ccccc45)cc23)cc1. The Labute approximate surface area is 851 Å². The number of nitrogens with zero attached hydrogens (tertiary/aromatic N) is 4. The van der Waals surface area contributed by atoms with E-state index in [1.807, 2.05) is 48.5 Å². The quantitative estimate of drug-likeness (QED) is 0.0887. The molecular formula is C140H88N4O4. The molecule has 0 atom stereocenters. The van der Waals surface area contributed by atoms with Crippen molar-refractivity contribution in [3.63, 3.8) is 0 Å². The second-order valence-corrected chi connectivity index (χ2v) is 38.4. The summed E-state index contributed by atoms with van der Waals surface area (Å²) >= 11 is 0. The lowest BCUT2D eigenvalue weighted by molar-refractivity contribution is 0.668. The van der Waals surface area contributed by atoms with Crippen LogP contribution in [0.5, 0.6) is 0 Å². The minimum atomic E-state index is 0.850. The summed E-state index contributed by atoms with van der Waals surface area (Å²) in [7, 11) is 0. The molecule has 30 rings (SSSR count). The molecule has 4 aromatic heterocycles. The molecule has 0 amide bonds. The van der Waals surface area contributed by atoms with E-state index in [4.69, 9.17) is 17.7 Å². The second-order valence-electron chi connectivity index (χ2n) is 38.4. The van der Waals surface area contributed by atoms with Crippen LogP contribution < -0.4 is 19.6 Å². The fourth-order valence-corrected chi connectivity index (χ4v) is 23.2. The predicted molar refractivity (Wildman–Crippen MR) is 623 cm³/mol. The van der Waals surface area contributed by atoms with Crippen molar-refractivity contribution in [3.05, 3.63) is 534 Å². The van der Waals surface area contributed by atoms with Gasteiger partial charge in [-0.1, -0.05) is 352 Å². The van der Waals surface area contributed by atoms with Crippen LogP contribution >= 0.6 is 0 Å². The van der Waals surface area contributed by atoms with Gasteiger partial charge in [0.25, 0.3) is 0 Å². The van der Waals surface area contributed by atoms with Crippen LogP contribution in [0.25, 0.3) is 218 Å². The molecule has 0 bridgehead atoms. The molecule has 0 aliphatic rings. The number of para-hydroxylation sites is 4. The first-order valence-electron chi connectivity index (χ1n) is 50.4. The summed E-state index contributed by atoms with van der Waals surface area (Å²) in [5.41, 5.74) is 28.7. The van der Waals surface area contributed by atoms with Crippen LogP contribution in [0.15, 0.2) is 552 Å². The Kier molecular flexibility index (Phi) is 20.2. The van der Waals surface area contributed by atoms with Crippen LogP contribution in [-0.2, 0) is 0 Å². The van der Waals surface area contributed by atoms with Gasteiger partial charge in [0, 0.05) is 135 Å². The lowest BCUT2D eigenvalue weighted by Gasteiger charge is -2.29. The van der Waals surface area contributed by atoms with Gasteiger partial charge >= 0.3 is 0 Å². The molecule has 8 heteroatoms. The van der Waals surface area contributed by atoms with E-state index in [1.54, 1.807) is 0 Å². The topological polar surface area (TPSA) is 65.5 Å². The van der Waals surface area contributed by atoms with Crippen molar-refractivity contribution in [2.24, 2.45) is 0 Å². The van der Waals surface area contributed by atoms with Crippen molar-refractivity contribution >= 4 is 242 Å². The Hall–Kier alpha value is -19.8. The van der Waals surface area contributed by atoms with Gasteiger partial charge in [-0.25, -0.2) is 0 Å². The lowest BCUT2D eigenvalue weighted by Crippen LogP contribution is -2.11. The van der Waals surface area contributed by atoms with Gasteiger partial charge < -0.3 is 37.3 Å². The zero-order chi connectivity index (χ0) is 97.4. The minimum absolute atomic E-state index is 0.850. The third-order valence-corrected chi connectivity index (χ3v) is 29.9. The van der Waals surface area contributed by atoms with Crippen LogP contribution in [-0.4, -0.2) is 0 Å². The van der Waals surface area contributed by atoms with Gasteiger partial charge in [-0.05, 0) is 278 Å². The maximum absolute atomic E-state index is 6.56. The number of rotatable bonds is 16. The smallest absolute Gasteiger partial charge is 0.137 e. The molecule has 0 unspecified atom stereocenters. The summed E-state index contributed by atoms with van der Waals surface area (Å²) in [5.74, 6) is 0. The normalized spacial score (nSPS) is 11.8. The fourth-order valence-electron chi connectivity index (χ4n) is 23.2. The van der Waals surface area contributed by atoms with Crippen molar-refractivity contribution in [1.82, 2.24) is 0 Å². The summed E-state index contributed by atoms with van der Waals surface area (Å²) in [6.45, 7) is 0. The molecule has 0 saturated carbocycles. The van der Waals surface area contributed by atoms with Gasteiger partial charge in [0.1, 0.15) is 44.7 Å². The molecular weight excluding hydrogens is 1800 g/mol. The summed E-state index contributed by atoms with van der Waals surface area (Å²) in [6, 6.07) is 193. The molecule has 0 N–H and O–H groups in total. The Morgan fingerprint density at radius 1 is 0.108 bits per heavy atom. The number of hydrogen-bond donors (Lipinski definition) is 0. The van der Waals surface area contributed by atoms with Crippen LogP contribution in [0.1, 0.15) is 0 Å². The van der Waals surface area contributed by atoms with Gasteiger partial charge in [-0.15, -0.1) is 0 Å². The summed E-state index contributed by atoms with van der Waals surface area (Å²) in [6.07, 6.45) is 0. The third-order valence-electron chi connectivity index (χ3n) is 29.9. The highest BCUT2D eigenvalue weighted by Gasteiger charge is 2.29. The predicted octanol–water partition coefficient (Wildman–Crippen LogP) is 40.7. The van der Waals surface area contributed by atoms with Crippen LogP contribution in [0.4, 0.5) is 68.2 Å². The third kappa shape index (κ3) is 14.4. The van der Waals surface area contributed by atoms with Crippen LogP contribution in [0, 0.1) is 0 Å². The highest BCUT2D eigenvalue weighted by atomic mass is 16.3. The van der Waals surface area contributed by atoms with E-state index in [1.165, 1.54) is 54.6 Å². The zero-order valence-corrected chi connectivity index (χ0v) is 80.2. The number of anilines is 12. The van der Waals surface area contributed by atoms with E-state index in [0.29, 0.717) is 0 Å². The Balaban J connectivity index is 0.000000140. The largest absolute Gasteiger partial charge is 0.456 e. The molecule has 692 valence electrons. The van der Waals surface area contributed by atoms with Gasteiger partial charge in [-0.2, -0.15) is 0 Å². The van der Waals surface area contributed by atoms with Crippen molar-refractivity contribution in [1.29, 1.82) is 0 Å². The first-order valence-corrected chi connectivity index (χ1v) is 50.4. The maximum atomic E-state index is 6.56. The molecule has 4 heterocycles. The lowest BCUT2D eigenvalue weighted by atomic mass is 9.85. The van der Waals surface area contributed by atoms with E-state index >= 15 is 0 Å². The Morgan fingerprint density at radius 2 is 0.311 bits per heavy atom. The van der Waals surface area contributed by atoms with Crippen molar-refractivity contribution in [2.45, 2.75) is 0 Å². The molecule has 148 heavy (non-hydrogen) atoms. The first-order chi connectivity index (χ1) is 73.4. The molecule has 0 saturated heterocycles.